The maximum atomic E-state index is 11.7. The lowest BCUT2D eigenvalue weighted by Crippen LogP contribution is -2.06. The van der Waals surface area contributed by atoms with Crippen molar-refractivity contribution in [2.24, 2.45) is 0 Å². The number of Topliss-reactive ketones (excluding diaryl/α,β-unsaturated/α-hetero) is 1. The normalized spacial score (nSPS) is 10.3. The second-order valence-electron chi connectivity index (χ2n) is 5.99. The van der Waals surface area contributed by atoms with E-state index in [1.807, 2.05) is 13.0 Å². The molecule has 0 atom stereocenters. The second kappa shape index (κ2) is 8.79. The molecule has 148 valence electrons. The molecule has 0 unspecified atom stereocenters. The molecule has 1 heterocycles. The van der Waals surface area contributed by atoms with Gasteiger partial charge in [-0.15, -0.1) is 0 Å². The summed E-state index contributed by atoms with van der Waals surface area (Å²) < 4.78 is 5.55. The van der Waals surface area contributed by atoms with Crippen LogP contribution >= 0.6 is 0 Å². The van der Waals surface area contributed by atoms with Crippen LogP contribution < -0.4 is 15.4 Å². The highest BCUT2D eigenvalue weighted by molar-refractivity contribution is 5.94. The highest BCUT2D eigenvalue weighted by atomic mass is 16.6. The molecule has 2 aromatic carbocycles. The number of nitrogens with zero attached hydrogens (tertiary/aromatic N) is 3. The van der Waals surface area contributed by atoms with Crippen LogP contribution in [-0.4, -0.2) is 27.3 Å². The fraction of sp³-hybridized carbons (Fsp3) is 0.150. The number of hydrogen-bond donors (Lipinski definition) is 2. The molecular weight excluding hydrogens is 374 g/mol. The SMILES string of the molecule is CCOc1ccccc1Nc1ncnc(Nc2ccc(C(C)=O)cc2)c1[N+](=O)[O-]. The molecule has 29 heavy (non-hydrogen) atoms. The van der Waals surface area contributed by atoms with Crippen LogP contribution in [0.5, 0.6) is 5.75 Å². The highest BCUT2D eigenvalue weighted by Gasteiger charge is 2.24. The number of benzene rings is 2. The third-order valence-electron chi connectivity index (χ3n) is 4.00. The first kappa shape index (κ1) is 19.7. The Morgan fingerprint density at radius 2 is 1.72 bits per heavy atom. The number of hydrogen-bond acceptors (Lipinski definition) is 8. The van der Waals surface area contributed by atoms with E-state index in [4.69, 9.17) is 4.74 Å². The maximum absolute atomic E-state index is 11.7. The molecule has 9 heteroatoms. The molecular formula is C20H19N5O4. The van der Waals surface area contributed by atoms with Gasteiger partial charge in [-0.05, 0) is 50.2 Å². The average Bonchev–Trinajstić information content (AvgIpc) is 2.70. The Kier molecular flexibility index (Phi) is 5.98. The monoisotopic (exact) mass is 393 g/mol. The van der Waals surface area contributed by atoms with Crippen molar-refractivity contribution < 1.29 is 14.5 Å². The predicted molar refractivity (Wildman–Crippen MR) is 109 cm³/mol. The van der Waals surface area contributed by atoms with E-state index in [-0.39, 0.29) is 23.1 Å². The number of para-hydroxylation sites is 2. The van der Waals surface area contributed by atoms with E-state index < -0.39 is 4.92 Å². The molecule has 0 amide bonds. The second-order valence-corrected chi connectivity index (χ2v) is 5.99. The Bertz CT molecular complexity index is 1040. The molecule has 0 radical (unpaired) electrons. The summed E-state index contributed by atoms with van der Waals surface area (Å²) >= 11 is 0. The lowest BCUT2D eigenvalue weighted by atomic mass is 10.1. The summed E-state index contributed by atoms with van der Waals surface area (Å²) in [7, 11) is 0. The number of nitro groups is 1. The van der Waals surface area contributed by atoms with E-state index in [0.717, 1.165) is 0 Å². The fourth-order valence-corrected chi connectivity index (χ4v) is 2.64. The molecule has 2 N–H and O–H groups in total. The average molecular weight is 393 g/mol. The molecule has 0 spiro atoms. The summed E-state index contributed by atoms with van der Waals surface area (Å²) in [6.45, 7) is 3.77. The molecule has 0 fully saturated rings. The summed E-state index contributed by atoms with van der Waals surface area (Å²) in [5.41, 5.74) is 1.34. The number of aromatic nitrogens is 2. The Hall–Kier alpha value is -4.01. The first-order chi connectivity index (χ1) is 14.0. The van der Waals surface area contributed by atoms with Gasteiger partial charge in [-0.3, -0.25) is 14.9 Å². The van der Waals surface area contributed by atoms with Gasteiger partial charge in [-0.2, -0.15) is 0 Å². The molecule has 0 aliphatic heterocycles. The number of nitrogens with one attached hydrogen (secondary N) is 2. The van der Waals surface area contributed by atoms with E-state index in [1.165, 1.54) is 13.3 Å². The Morgan fingerprint density at radius 3 is 2.34 bits per heavy atom. The van der Waals surface area contributed by atoms with Crippen LogP contribution in [-0.2, 0) is 0 Å². The Balaban J connectivity index is 1.94. The highest BCUT2D eigenvalue weighted by Crippen LogP contribution is 2.35. The molecule has 1 aromatic heterocycles. The third-order valence-corrected chi connectivity index (χ3v) is 4.00. The van der Waals surface area contributed by atoms with E-state index in [0.29, 0.717) is 29.3 Å². The zero-order valence-electron chi connectivity index (χ0n) is 15.9. The third kappa shape index (κ3) is 4.64. The lowest BCUT2D eigenvalue weighted by molar-refractivity contribution is -0.383. The summed E-state index contributed by atoms with van der Waals surface area (Å²) in [6, 6.07) is 13.7. The molecule has 0 aliphatic carbocycles. The molecule has 0 bridgehead atoms. The van der Waals surface area contributed by atoms with E-state index >= 15 is 0 Å². The minimum absolute atomic E-state index is 0.0250. The van der Waals surface area contributed by atoms with Gasteiger partial charge in [0.25, 0.3) is 0 Å². The lowest BCUT2D eigenvalue weighted by Gasteiger charge is -2.13. The van der Waals surface area contributed by atoms with Gasteiger partial charge in [0.1, 0.15) is 12.1 Å². The maximum Gasteiger partial charge on any atom is 0.353 e. The van der Waals surface area contributed by atoms with Gasteiger partial charge in [0.05, 0.1) is 17.2 Å². The summed E-state index contributed by atoms with van der Waals surface area (Å²) in [5, 5.41) is 17.6. The van der Waals surface area contributed by atoms with Gasteiger partial charge in [0, 0.05) is 11.3 Å². The van der Waals surface area contributed by atoms with Crippen LogP contribution in [0.25, 0.3) is 0 Å². The number of carbonyl (C=O) groups is 1. The number of carbonyl (C=O) groups excluding carboxylic acids is 1. The van der Waals surface area contributed by atoms with Gasteiger partial charge in [-0.25, -0.2) is 9.97 Å². The van der Waals surface area contributed by atoms with Crippen LogP contribution in [0.4, 0.5) is 28.7 Å². The zero-order valence-corrected chi connectivity index (χ0v) is 15.9. The van der Waals surface area contributed by atoms with Crippen LogP contribution in [0.1, 0.15) is 24.2 Å². The van der Waals surface area contributed by atoms with Gasteiger partial charge in [-0.1, -0.05) is 12.1 Å². The Morgan fingerprint density at radius 1 is 1.07 bits per heavy atom. The van der Waals surface area contributed by atoms with Crippen molar-refractivity contribution in [2.75, 3.05) is 17.2 Å². The van der Waals surface area contributed by atoms with Crippen LogP contribution in [0, 0.1) is 10.1 Å². The zero-order chi connectivity index (χ0) is 20.8. The molecule has 3 rings (SSSR count). The smallest absolute Gasteiger partial charge is 0.353 e. The van der Waals surface area contributed by atoms with Crippen molar-refractivity contribution in [3.8, 4) is 5.75 Å². The van der Waals surface area contributed by atoms with Gasteiger partial charge >= 0.3 is 5.69 Å². The predicted octanol–water partition coefficient (Wildman–Crippen LogP) is 4.47. The largest absolute Gasteiger partial charge is 0.492 e. The van der Waals surface area contributed by atoms with Crippen molar-refractivity contribution in [1.29, 1.82) is 0 Å². The number of ether oxygens (including phenoxy) is 1. The molecule has 0 saturated carbocycles. The van der Waals surface area contributed by atoms with Gasteiger partial charge < -0.3 is 15.4 Å². The number of anilines is 4. The minimum atomic E-state index is -0.558. The molecule has 3 aromatic rings. The van der Waals surface area contributed by atoms with Crippen molar-refractivity contribution >= 4 is 34.5 Å². The van der Waals surface area contributed by atoms with E-state index in [9.17, 15) is 14.9 Å². The van der Waals surface area contributed by atoms with Gasteiger partial charge in [0.15, 0.2) is 5.78 Å². The molecule has 0 saturated heterocycles. The van der Waals surface area contributed by atoms with Gasteiger partial charge in [0.2, 0.25) is 11.6 Å². The summed E-state index contributed by atoms with van der Waals surface area (Å²) in [5.74, 6) is 0.540. The number of rotatable bonds is 8. The Labute approximate surface area is 166 Å². The summed E-state index contributed by atoms with van der Waals surface area (Å²) in [4.78, 5) is 30.6. The quantitative estimate of drug-likeness (QED) is 0.327. The van der Waals surface area contributed by atoms with Crippen LogP contribution in [0.15, 0.2) is 54.9 Å². The topological polar surface area (TPSA) is 119 Å². The van der Waals surface area contributed by atoms with Crippen molar-refractivity contribution in [2.45, 2.75) is 13.8 Å². The number of ketones is 1. The van der Waals surface area contributed by atoms with Crippen molar-refractivity contribution in [3.63, 3.8) is 0 Å². The van der Waals surface area contributed by atoms with E-state index in [2.05, 4.69) is 20.6 Å². The molecule has 0 aliphatic rings. The first-order valence-corrected chi connectivity index (χ1v) is 8.86. The van der Waals surface area contributed by atoms with Crippen LogP contribution in [0.2, 0.25) is 0 Å². The standard InChI is InChI=1S/C20H19N5O4/c1-3-29-17-7-5-4-6-16(17)24-20-18(25(27)28)19(21-12-22-20)23-15-10-8-14(9-11-15)13(2)26/h4-12H,3H2,1-2H3,(H2,21,22,23,24). The minimum Gasteiger partial charge on any atom is -0.492 e. The first-order valence-electron chi connectivity index (χ1n) is 8.86. The summed E-state index contributed by atoms with van der Waals surface area (Å²) in [6.07, 6.45) is 1.23. The van der Waals surface area contributed by atoms with Crippen molar-refractivity contribution in [1.82, 2.24) is 9.97 Å². The fourth-order valence-electron chi connectivity index (χ4n) is 2.64. The van der Waals surface area contributed by atoms with E-state index in [1.54, 1.807) is 42.5 Å². The van der Waals surface area contributed by atoms with Crippen molar-refractivity contribution in [3.05, 3.63) is 70.5 Å². The molecule has 9 nitrogen and oxygen atoms in total. The van der Waals surface area contributed by atoms with Crippen LogP contribution in [0.3, 0.4) is 0 Å².